The minimum atomic E-state index is -1.66. The van der Waals surface area contributed by atoms with Crippen LogP contribution in [0.15, 0.2) is 40.8 Å². The maximum Gasteiger partial charge on any atom is 0.322 e. The maximum absolute atomic E-state index is 13.1. The second kappa shape index (κ2) is 8.31. The average Bonchev–Trinajstić information content (AvgIpc) is 3.47. The highest BCUT2D eigenvalue weighted by Crippen LogP contribution is 2.35. The molecule has 4 heterocycles. The third-order valence-electron chi connectivity index (χ3n) is 5.94. The Morgan fingerprint density at radius 3 is 2.77 bits per heavy atom. The predicted octanol–water partition coefficient (Wildman–Crippen LogP) is 1.67. The number of methoxy groups -OCH3 is 1. The standard InChI is InChI=1S/C23H22N6O6/c1-3-24-21(32)26-18-7-6-16-15(25-18)9-17(35-16)23(20(31)27-22(33)28-23)11-29-10-12-4-5-13(34-2)8-14(12)19(29)30/h4-9H,3,10-11H2,1-2H3,(H2,24,25,26,32)(H2,27,28,31,33). The Labute approximate surface area is 199 Å². The van der Waals surface area contributed by atoms with Crippen LogP contribution in [0.1, 0.15) is 28.6 Å². The van der Waals surface area contributed by atoms with Crippen molar-refractivity contribution in [3.8, 4) is 5.75 Å². The van der Waals surface area contributed by atoms with Crippen molar-refractivity contribution >= 4 is 40.8 Å². The van der Waals surface area contributed by atoms with Gasteiger partial charge in [-0.1, -0.05) is 6.07 Å². The summed E-state index contributed by atoms with van der Waals surface area (Å²) in [5.74, 6) is -0.0110. The first-order valence-corrected chi connectivity index (χ1v) is 10.9. The molecule has 1 saturated heterocycles. The zero-order valence-electron chi connectivity index (χ0n) is 18.9. The number of carbonyl (C=O) groups is 4. The molecule has 1 aromatic carbocycles. The van der Waals surface area contributed by atoms with Gasteiger partial charge in [0.25, 0.3) is 11.8 Å². The minimum absolute atomic E-state index is 0.111. The smallest absolute Gasteiger partial charge is 0.322 e. The van der Waals surface area contributed by atoms with Crippen LogP contribution in [0.2, 0.25) is 0 Å². The number of hydrogen-bond acceptors (Lipinski definition) is 7. The molecule has 12 nitrogen and oxygen atoms in total. The molecule has 0 radical (unpaired) electrons. The van der Waals surface area contributed by atoms with Crippen LogP contribution in [-0.4, -0.2) is 54.0 Å². The second-order valence-electron chi connectivity index (χ2n) is 8.17. The van der Waals surface area contributed by atoms with Crippen molar-refractivity contribution in [3.63, 3.8) is 0 Å². The molecule has 0 saturated carbocycles. The molecule has 5 rings (SSSR count). The number of benzene rings is 1. The van der Waals surface area contributed by atoms with Gasteiger partial charge in [-0.25, -0.2) is 14.6 Å². The molecule has 4 N–H and O–H groups in total. The Hall–Kier alpha value is -4.61. The number of imide groups is 1. The van der Waals surface area contributed by atoms with Crippen LogP contribution in [0.25, 0.3) is 11.1 Å². The Morgan fingerprint density at radius 1 is 1.23 bits per heavy atom. The summed E-state index contributed by atoms with van der Waals surface area (Å²) < 4.78 is 11.1. The first-order chi connectivity index (χ1) is 16.8. The van der Waals surface area contributed by atoms with E-state index in [1.54, 1.807) is 37.3 Å². The van der Waals surface area contributed by atoms with E-state index >= 15 is 0 Å². The number of nitrogens with one attached hydrogen (secondary N) is 4. The fraction of sp³-hybridized carbons (Fsp3) is 0.261. The lowest BCUT2D eigenvalue weighted by Gasteiger charge is -2.28. The summed E-state index contributed by atoms with van der Waals surface area (Å²) in [5, 5.41) is 10.1. The Balaban J connectivity index is 1.48. The van der Waals surface area contributed by atoms with Gasteiger partial charge < -0.3 is 24.7 Å². The Kier molecular flexibility index (Phi) is 5.27. The monoisotopic (exact) mass is 478 g/mol. The van der Waals surface area contributed by atoms with E-state index in [1.807, 2.05) is 0 Å². The summed E-state index contributed by atoms with van der Waals surface area (Å²) >= 11 is 0. The van der Waals surface area contributed by atoms with Gasteiger partial charge >= 0.3 is 12.1 Å². The first-order valence-electron chi connectivity index (χ1n) is 10.9. The zero-order valence-corrected chi connectivity index (χ0v) is 18.9. The van der Waals surface area contributed by atoms with Gasteiger partial charge in [0.1, 0.15) is 22.8 Å². The van der Waals surface area contributed by atoms with E-state index in [0.29, 0.717) is 29.0 Å². The number of fused-ring (bicyclic) bond motifs is 2. The SMILES string of the molecule is CCNC(=O)Nc1ccc2oc(C3(CN4Cc5ccc(OC)cc5C4=O)NC(=O)NC3=O)cc2n1. The molecule has 6 amide bonds. The van der Waals surface area contributed by atoms with Gasteiger partial charge in [-0.3, -0.25) is 20.2 Å². The molecule has 0 spiro atoms. The fourth-order valence-electron chi connectivity index (χ4n) is 4.26. The molecule has 2 aliphatic heterocycles. The van der Waals surface area contributed by atoms with E-state index in [0.717, 1.165) is 5.56 Å². The summed E-state index contributed by atoms with van der Waals surface area (Å²) in [5.41, 5.74) is 0.297. The van der Waals surface area contributed by atoms with Gasteiger partial charge in [-0.05, 0) is 36.8 Å². The van der Waals surface area contributed by atoms with E-state index in [1.165, 1.54) is 18.1 Å². The van der Waals surface area contributed by atoms with Crippen LogP contribution in [0.3, 0.4) is 0 Å². The van der Waals surface area contributed by atoms with Crippen LogP contribution in [0.5, 0.6) is 5.75 Å². The van der Waals surface area contributed by atoms with Crippen LogP contribution in [0, 0.1) is 0 Å². The number of pyridine rings is 1. The Morgan fingerprint density at radius 2 is 2.06 bits per heavy atom. The third kappa shape index (κ3) is 3.78. The first kappa shape index (κ1) is 22.2. The number of nitrogens with zero attached hydrogens (tertiary/aromatic N) is 2. The van der Waals surface area contributed by atoms with Gasteiger partial charge in [0.15, 0.2) is 11.1 Å². The maximum atomic E-state index is 13.1. The van der Waals surface area contributed by atoms with Gasteiger partial charge in [0.2, 0.25) is 0 Å². The number of rotatable bonds is 6. The third-order valence-corrected chi connectivity index (χ3v) is 5.94. The topological polar surface area (TPSA) is 155 Å². The van der Waals surface area contributed by atoms with Crippen molar-refractivity contribution in [3.05, 3.63) is 53.3 Å². The van der Waals surface area contributed by atoms with Crippen LogP contribution in [0.4, 0.5) is 15.4 Å². The molecule has 0 bridgehead atoms. The van der Waals surface area contributed by atoms with Crippen LogP contribution < -0.4 is 26.0 Å². The van der Waals surface area contributed by atoms with Crippen molar-refractivity contribution in [2.75, 3.05) is 25.5 Å². The van der Waals surface area contributed by atoms with Crippen LogP contribution >= 0.6 is 0 Å². The van der Waals surface area contributed by atoms with E-state index in [9.17, 15) is 19.2 Å². The molecule has 0 aliphatic carbocycles. The van der Waals surface area contributed by atoms with E-state index in [2.05, 4.69) is 26.3 Å². The highest BCUT2D eigenvalue weighted by molar-refractivity contribution is 6.08. The second-order valence-corrected chi connectivity index (χ2v) is 8.17. The molecule has 3 aromatic rings. The highest BCUT2D eigenvalue weighted by atomic mass is 16.5. The van der Waals surface area contributed by atoms with Gasteiger partial charge in [-0.15, -0.1) is 0 Å². The molecule has 2 aliphatic rings. The van der Waals surface area contributed by atoms with E-state index in [4.69, 9.17) is 9.15 Å². The van der Waals surface area contributed by atoms with Crippen molar-refractivity contribution in [2.24, 2.45) is 0 Å². The molecule has 35 heavy (non-hydrogen) atoms. The lowest BCUT2D eigenvalue weighted by molar-refractivity contribution is -0.125. The molecule has 2 aromatic heterocycles. The summed E-state index contributed by atoms with van der Waals surface area (Å²) in [6.45, 7) is 2.33. The van der Waals surface area contributed by atoms with E-state index < -0.39 is 23.5 Å². The van der Waals surface area contributed by atoms with Crippen LogP contribution in [-0.2, 0) is 16.9 Å². The summed E-state index contributed by atoms with van der Waals surface area (Å²) in [4.78, 5) is 56.0. The fourth-order valence-corrected chi connectivity index (χ4v) is 4.26. The minimum Gasteiger partial charge on any atom is -0.497 e. The van der Waals surface area contributed by atoms with Crippen molar-refractivity contribution < 1.29 is 28.3 Å². The lowest BCUT2D eigenvalue weighted by atomic mass is 9.95. The molecule has 1 fully saturated rings. The average molecular weight is 478 g/mol. The molecular formula is C23H22N6O6. The molecule has 1 unspecified atom stereocenters. The largest absolute Gasteiger partial charge is 0.497 e. The number of anilines is 1. The van der Waals surface area contributed by atoms with Gasteiger partial charge in [0, 0.05) is 24.7 Å². The summed E-state index contributed by atoms with van der Waals surface area (Å²) in [7, 11) is 1.51. The molecular weight excluding hydrogens is 456 g/mol. The quantitative estimate of drug-likeness (QED) is 0.393. The van der Waals surface area contributed by atoms with Crippen molar-refractivity contribution in [1.29, 1.82) is 0 Å². The number of aromatic nitrogens is 1. The summed E-state index contributed by atoms with van der Waals surface area (Å²) in [6, 6.07) is 8.75. The highest BCUT2D eigenvalue weighted by Gasteiger charge is 2.53. The predicted molar refractivity (Wildman–Crippen MR) is 123 cm³/mol. The lowest BCUT2D eigenvalue weighted by Crippen LogP contribution is -2.52. The number of amides is 6. The number of ether oxygens (including phenoxy) is 1. The summed E-state index contributed by atoms with van der Waals surface area (Å²) in [6.07, 6.45) is 0. The number of urea groups is 2. The molecule has 180 valence electrons. The Bertz CT molecular complexity index is 1380. The van der Waals surface area contributed by atoms with Crippen molar-refractivity contribution in [2.45, 2.75) is 19.0 Å². The van der Waals surface area contributed by atoms with Gasteiger partial charge in [0.05, 0.1) is 13.7 Å². The molecule has 1 atom stereocenters. The number of carbonyl (C=O) groups excluding carboxylic acids is 4. The normalized spacial score (nSPS) is 18.9. The van der Waals surface area contributed by atoms with E-state index in [-0.39, 0.29) is 30.6 Å². The van der Waals surface area contributed by atoms with Crippen molar-refractivity contribution in [1.82, 2.24) is 25.8 Å². The molecule has 12 heteroatoms. The van der Waals surface area contributed by atoms with Gasteiger partial charge in [-0.2, -0.15) is 0 Å². The zero-order chi connectivity index (χ0) is 24.7. The number of hydrogen-bond donors (Lipinski definition) is 4. The number of furan rings is 1.